The summed E-state index contributed by atoms with van der Waals surface area (Å²) in [6.07, 6.45) is 6.19. The summed E-state index contributed by atoms with van der Waals surface area (Å²) < 4.78 is 7.08. The average molecular weight is 646 g/mol. The van der Waals surface area contributed by atoms with E-state index in [1.807, 2.05) is 20.8 Å². The van der Waals surface area contributed by atoms with Crippen LogP contribution in [-0.2, 0) is 9.53 Å². The first-order chi connectivity index (χ1) is 21.9. The lowest BCUT2D eigenvalue weighted by molar-refractivity contribution is -0.117. The molecule has 2 atom stereocenters. The van der Waals surface area contributed by atoms with Crippen molar-refractivity contribution in [1.82, 2.24) is 40.6 Å². The molecule has 4 aromatic rings. The molecule has 3 heterocycles. The predicted octanol–water partition coefficient (Wildman–Crippen LogP) is 4.56. The van der Waals surface area contributed by atoms with Gasteiger partial charge in [0.1, 0.15) is 11.9 Å². The van der Waals surface area contributed by atoms with Gasteiger partial charge in [-0.1, -0.05) is 23.7 Å². The minimum absolute atomic E-state index is 0.0311. The second kappa shape index (κ2) is 13.9. The highest BCUT2D eigenvalue weighted by Crippen LogP contribution is 2.29. The van der Waals surface area contributed by atoms with E-state index in [9.17, 15) is 14.4 Å². The highest BCUT2D eigenvalue weighted by molar-refractivity contribution is 6.30. The summed E-state index contributed by atoms with van der Waals surface area (Å²) in [6, 6.07) is 13.2. The monoisotopic (exact) mass is 645 g/mol. The third-order valence-corrected chi connectivity index (χ3v) is 7.69. The first-order valence-electron chi connectivity index (χ1n) is 14.9. The Balaban J connectivity index is 1.42. The molecule has 2 aromatic heterocycles. The van der Waals surface area contributed by atoms with Crippen LogP contribution in [0.1, 0.15) is 57.3 Å². The summed E-state index contributed by atoms with van der Waals surface area (Å²) in [5.41, 5.74) is 8.22. The van der Waals surface area contributed by atoms with E-state index >= 15 is 0 Å². The molecule has 240 valence electrons. The number of tetrazole rings is 1. The molecule has 1 unspecified atom stereocenters. The molecule has 46 heavy (non-hydrogen) atoms. The second-order valence-corrected chi connectivity index (χ2v) is 12.6. The number of carbonyl (C=O) groups excluding carboxylic acids is 2. The maximum atomic E-state index is 13.4. The van der Waals surface area contributed by atoms with E-state index in [1.54, 1.807) is 59.5 Å². The van der Waals surface area contributed by atoms with E-state index in [4.69, 9.17) is 22.1 Å². The maximum Gasteiger partial charge on any atom is 0.410 e. The molecule has 13 nitrogen and oxygen atoms in total. The van der Waals surface area contributed by atoms with Gasteiger partial charge in [0.05, 0.1) is 23.0 Å². The zero-order chi connectivity index (χ0) is 32.8. The number of H-pyrrole nitrogens is 1. The number of nitrogens with zero attached hydrogens (tertiary/aromatic N) is 6. The van der Waals surface area contributed by atoms with Gasteiger partial charge in [-0.25, -0.2) is 9.89 Å². The molecule has 2 aromatic carbocycles. The first-order valence-corrected chi connectivity index (χ1v) is 15.3. The highest BCUT2D eigenvalue weighted by Gasteiger charge is 2.30. The normalized spacial score (nSPS) is 15.9. The van der Waals surface area contributed by atoms with Crippen LogP contribution in [0.2, 0.25) is 5.02 Å². The Morgan fingerprint density at radius 3 is 2.70 bits per heavy atom. The quantitative estimate of drug-likeness (QED) is 0.183. The summed E-state index contributed by atoms with van der Waals surface area (Å²) in [5, 5.41) is 21.8. The van der Waals surface area contributed by atoms with Gasteiger partial charge in [-0.3, -0.25) is 9.59 Å². The Hall–Kier alpha value is -5.04. The van der Waals surface area contributed by atoms with Gasteiger partial charge in [0.25, 0.3) is 5.56 Å². The van der Waals surface area contributed by atoms with Crippen LogP contribution in [0.5, 0.6) is 0 Å². The minimum Gasteiger partial charge on any atom is -0.444 e. The van der Waals surface area contributed by atoms with Crippen molar-refractivity contribution < 1.29 is 14.3 Å². The van der Waals surface area contributed by atoms with Crippen molar-refractivity contribution in [3.05, 3.63) is 87.6 Å². The Morgan fingerprint density at radius 1 is 1.20 bits per heavy atom. The van der Waals surface area contributed by atoms with Crippen molar-refractivity contribution in [2.24, 2.45) is 5.92 Å². The van der Waals surface area contributed by atoms with Gasteiger partial charge in [0.2, 0.25) is 5.91 Å². The molecular weight excluding hydrogens is 610 g/mol. The lowest BCUT2D eigenvalue weighted by Gasteiger charge is -2.35. The summed E-state index contributed by atoms with van der Waals surface area (Å²) in [4.78, 5) is 40.8. The number of rotatable bonds is 8. The topological polar surface area (TPSA) is 174 Å². The number of aromatic amines is 1. The van der Waals surface area contributed by atoms with E-state index < -0.39 is 17.6 Å². The smallest absolute Gasteiger partial charge is 0.410 e. The van der Waals surface area contributed by atoms with Crippen LogP contribution in [0, 0.1) is 5.92 Å². The molecule has 14 heteroatoms. The summed E-state index contributed by atoms with van der Waals surface area (Å²) in [6.45, 7) is 6.55. The fourth-order valence-corrected chi connectivity index (χ4v) is 5.52. The van der Waals surface area contributed by atoms with E-state index in [0.29, 0.717) is 58.3 Å². The predicted molar refractivity (Wildman–Crippen MR) is 174 cm³/mol. The minimum atomic E-state index is -0.613. The van der Waals surface area contributed by atoms with Gasteiger partial charge in [-0.15, -0.1) is 5.10 Å². The Morgan fingerprint density at radius 2 is 1.98 bits per heavy atom. The number of nitrogen functional groups attached to an aromatic ring is 1. The van der Waals surface area contributed by atoms with Gasteiger partial charge in [0, 0.05) is 35.4 Å². The van der Waals surface area contributed by atoms with Crippen molar-refractivity contribution >= 4 is 35.4 Å². The molecule has 0 spiro atoms. The number of piperidine rings is 1. The van der Waals surface area contributed by atoms with Crippen molar-refractivity contribution in [3.8, 4) is 16.8 Å². The largest absolute Gasteiger partial charge is 0.444 e. The summed E-state index contributed by atoms with van der Waals surface area (Å²) in [5.74, 6) is -0.363. The molecule has 1 fully saturated rings. The molecule has 2 amide bonds. The number of hydrogen-bond acceptors (Lipinski definition) is 9. The van der Waals surface area contributed by atoms with Gasteiger partial charge < -0.3 is 20.7 Å². The zero-order valence-corrected chi connectivity index (χ0v) is 26.6. The summed E-state index contributed by atoms with van der Waals surface area (Å²) in [7, 11) is 0. The van der Waals surface area contributed by atoms with Crippen LogP contribution in [0.3, 0.4) is 0 Å². The molecule has 1 aliphatic heterocycles. The SMILES string of the molecule is CC(C)(C)OC(=O)N1CCCC(C[C@H](NC(=O)/C=C/c2cc(Cl)ccc2-n2cnnn2)c2cc(-c3ccc(N)cc3)c(=O)[nH]n2)C1. The Kier molecular flexibility index (Phi) is 9.81. The number of likely N-dealkylation sites (tertiary alicyclic amines) is 1. The van der Waals surface area contributed by atoms with Crippen LogP contribution in [-0.4, -0.2) is 66.0 Å². The van der Waals surface area contributed by atoms with E-state index in [1.165, 1.54) is 17.1 Å². The first kappa shape index (κ1) is 32.4. The third-order valence-electron chi connectivity index (χ3n) is 7.46. The zero-order valence-electron chi connectivity index (χ0n) is 25.8. The Bertz CT molecular complexity index is 1770. The van der Waals surface area contributed by atoms with Crippen molar-refractivity contribution in [2.45, 2.75) is 51.7 Å². The molecule has 0 aliphatic carbocycles. The number of aromatic nitrogens is 6. The fourth-order valence-electron chi connectivity index (χ4n) is 5.34. The van der Waals surface area contributed by atoms with Crippen LogP contribution < -0.4 is 16.6 Å². The van der Waals surface area contributed by atoms with E-state index in [2.05, 4.69) is 31.0 Å². The van der Waals surface area contributed by atoms with E-state index in [-0.39, 0.29) is 17.6 Å². The number of carbonyl (C=O) groups is 2. The highest BCUT2D eigenvalue weighted by atomic mass is 35.5. The molecule has 0 saturated carbocycles. The standard InChI is InChI=1S/C32H36ClN9O4/c1-32(2,3)46-31(45)41-14-4-5-20(18-41)15-26(27-17-25(30(44)38-37-27)21-6-10-24(34)11-7-21)36-29(43)13-8-22-16-23(33)9-12-28(22)42-19-35-39-40-42/h6-13,16-17,19-20,26H,4-5,14-15,18,34H2,1-3H3,(H,36,43)(H,38,44)/b13-8+/t20?,26-/m0/s1. The molecule has 1 saturated heterocycles. The van der Waals surface area contributed by atoms with Crippen molar-refractivity contribution in [3.63, 3.8) is 0 Å². The fraction of sp³-hybridized carbons (Fsp3) is 0.344. The second-order valence-electron chi connectivity index (χ2n) is 12.2. The molecule has 4 N–H and O–H groups in total. The number of halogens is 1. The Labute approximate surface area is 270 Å². The van der Waals surface area contributed by atoms with Gasteiger partial charge in [-0.05, 0) is 104 Å². The number of anilines is 1. The van der Waals surface area contributed by atoms with Crippen molar-refractivity contribution in [2.75, 3.05) is 18.8 Å². The van der Waals surface area contributed by atoms with Crippen LogP contribution in [0.25, 0.3) is 22.9 Å². The number of amides is 2. The van der Waals surface area contributed by atoms with Gasteiger partial charge in [0.15, 0.2) is 0 Å². The number of hydrogen-bond donors (Lipinski definition) is 3. The molecule has 1 aliphatic rings. The molecular formula is C32H36ClN9O4. The number of benzene rings is 2. The summed E-state index contributed by atoms with van der Waals surface area (Å²) >= 11 is 6.25. The molecule has 5 rings (SSSR count). The lowest BCUT2D eigenvalue weighted by Crippen LogP contribution is -2.43. The van der Waals surface area contributed by atoms with E-state index in [0.717, 1.165) is 12.8 Å². The van der Waals surface area contributed by atoms with Crippen molar-refractivity contribution in [1.29, 1.82) is 0 Å². The third kappa shape index (κ3) is 8.36. The maximum absolute atomic E-state index is 13.4. The van der Waals surface area contributed by atoms with Gasteiger partial charge in [-0.2, -0.15) is 9.78 Å². The van der Waals surface area contributed by atoms with Crippen LogP contribution in [0.15, 0.2) is 65.7 Å². The molecule has 0 bridgehead atoms. The van der Waals surface area contributed by atoms with Gasteiger partial charge >= 0.3 is 6.09 Å². The molecule has 0 radical (unpaired) electrons. The number of ether oxygens (including phenoxy) is 1. The van der Waals surface area contributed by atoms with Crippen LogP contribution >= 0.6 is 11.6 Å². The van der Waals surface area contributed by atoms with Crippen LogP contribution in [0.4, 0.5) is 10.5 Å². The number of nitrogens with two attached hydrogens (primary N) is 1. The number of nitrogens with one attached hydrogen (secondary N) is 2. The average Bonchev–Trinajstić information content (AvgIpc) is 3.55. The lowest BCUT2D eigenvalue weighted by atomic mass is 9.89.